The number of nitrogens with zero attached hydrogens (tertiary/aromatic N) is 3. The van der Waals surface area contributed by atoms with Gasteiger partial charge in [0.05, 0.1) is 16.2 Å². The number of para-hydroxylation sites is 1. The number of carbonyl (C=O) groups is 1. The highest BCUT2D eigenvalue weighted by Crippen LogP contribution is 2.31. The van der Waals surface area contributed by atoms with Gasteiger partial charge in [-0.05, 0) is 32.4 Å². The maximum Gasteiger partial charge on any atom is 0.224 e. The number of aryl methyl sites for hydroxylation is 2. The van der Waals surface area contributed by atoms with Crippen molar-refractivity contribution in [3.05, 3.63) is 51.4 Å². The quantitative estimate of drug-likeness (QED) is 0.759. The summed E-state index contributed by atoms with van der Waals surface area (Å²) in [5.74, 6) is 0.178. The number of H-pyrrole nitrogens is 1. The van der Waals surface area contributed by atoms with Gasteiger partial charge < -0.3 is 9.88 Å². The zero-order valence-electron chi connectivity index (χ0n) is 15.4. The highest BCUT2D eigenvalue weighted by molar-refractivity contribution is 6.35. The fourth-order valence-electron chi connectivity index (χ4n) is 3.78. The molecule has 0 radical (unpaired) electrons. The third-order valence-corrected chi connectivity index (χ3v) is 5.91. The fourth-order valence-corrected chi connectivity index (χ4v) is 4.00. The monoisotopic (exact) mass is 370 g/mol. The van der Waals surface area contributed by atoms with E-state index in [1.807, 2.05) is 28.6 Å². The number of nitrogens with one attached hydrogen (secondary N) is 1. The third-order valence-electron chi connectivity index (χ3n) is 5.59. The first-order valence-electron chi connectivity index (χ1n) is 9.02. The van der Waals surface area contributed by atoms with Crippen molar-refractivity contribution in [2.24, 2.45) is 0 Å². The molecule has 0 atom stereocenters. The maximum atomic E-state index is 12.8. The summed E-state index contributed by atoms with van der Waals surface area (Å²) in [6.45, 7) is 8.15. The van der Waals surface area contributed by atoms with E-state index in [0.717, 1.165) is 40.3 Å². The largest absolute Gasteiger partial charge is 0.357 e. The second-order valence-corrected chi connectivity index (χ2v) is 7.49. The Labute approximate surface area is 157 Å². The Hall–Kier alpha value is -2.27. The van der Waals surface area contributed by atoms with Gasteiger partial charge in [0.25, 0.3) is 0 Å². The molecule has 1 aliphatic heterocycles. The van der Waals surface area contributed by atoms with E-state index in [-0.39, 0.29) is 5.91 Å². The number of halogens is 1. The average molecular weight is 371 g/mol. The van der Waals surface area contributed by atoms with Crippen LogP contribution in [0.5, 0.6) is 0 Å². The number of hydrogen-bond acceptors (Lipinski definition) is 2. The molecule has 5 nitrogen and oxygen atoms in total. The molecule has 3 heterocycles. The number of carbonyl (C=O) groups excluding carboxylic acids is 1. The van der Waals surface area contributed by atoms with Crippen LogP contribution in [-0.4, -0.2) is 32.1 Å². The van der Waals surface area contributed by atoms with Crippen molar-refractivity contribution in [3.63, 3.8) is 0 Å². The SMILES string of the molecule is Cc1nn(CCC(=O)N2CCc3[nH]c4c(Cl)cccc4c3C2)c(C)c1C. The Morgan fingerprint density at radius 2 is 2.12 bits per heavy atom. The first-order valence-corrected chi connectivity index (χ1v) is 9.40. The van der Waals surface area contributed by atoms with Gasteiger partial charge in [0.2, 0.25) is 5.91 Å². The first-order chi connectivity index (χ1) is 12.5. The molecule has 26 heavy (non-hydrogen) atoms. The van der Waals surface area contributed by atoms with Crippen LogP contribution in [0.1, 0.15) is 34.6 Å². The summed E-state index contributed by atoms with van der Waals surface area (Å²) in [4.78, 5) is 18.1. The van der Waals surface area contributed by atoms with Gasteiger partial charge in [-0.1, -0.05) is 23.7 Å². The zero-order chi connectivity index (χ0) is 18.4. The topological polar surface area (TPSA) is 53.9 Å². The van der Waals surface area contributed by atoms with Crippen LogP contribution < -0.4 is 0 Å². The molecule has 6 heteroatoms. The Morgan fingerprint density at radius 1 is 1.31 bits per heavy atom. The smallest absolute Gasteiger partial charge is 0.224 e. The van der Waals surface area contributed by atoms with Crippen LogP contribution in [0.2, 0.25) is 5.02 Å². The predicted molar refractivity (Wildman–Crippen MR) is 103 cm³/mol. The van der Waals surface area contributed by atoms with Gasteiger partial charge in [-0.15, -0.1) is 0 Å². The van der Waals surface area contributed by atoms with Crippen molar-refractivity contribution < 1.29 is 4.79 Å². The van der Waals surface area contributed by atoms with Crippen molar-refractivity contribution in [1.29, 1.82) is 0 Å². The summed E-state index contributed by atoms with van der Waals surface area (Å²) in [5, 5.41) is 6.39. The Bertz CT molecular complexity index is 1000. The lowest BCUT2D eigenvalue weighted by Gasteiger charge is -2.27. The summed E-state index contributed by atoms with van der Waals surface area (Å²) >= 11 is 6.30. The lowest BCUT2D eigenvalue weighted by Crippen LogP contribution is -2.36. The minimum absolute atomic E-state index is 0.178. The number of hydrogen-bond donors (Lipinski definition) is 1. The van der Waals surface area contributed by atoms with Crippen molar-refractivity contribution in [1.82, 2.24) is 19.7 Å². The number of benzene rings is 1. The van der Waals surface area contributed by atoms with Gasteiger partial charge in [0.1, 0.15) is 0 Å². The number of fused-ring (bicyclic) bond motifs is 3. The Balaban J connectivity index is 1.49. The summed E-state index contributed by atoms with van der Waals surface area (Å²) in [7, 11) is 0. The van der Waals surface area contributed by atoms with Crippen molar-refractivity contribution in [3.8, 4) is 0 Å². The molecule has 2 aromatic heterocycles. The van der Waals surface area contributed by atoms with E-state index in [4.69, 9.17) is 11.6 Å². The van der Waals surface area contributed by atoms with Gasteiger partial charge >= 0.3 is 0 Å². The molecule has 4 rings (SSSR count). The molecule has 0 saturated heterocycles. The molecule has 1 amide bonds. The molecule has 136 valence electrons. The number of amides is 1. The highest BCUT2D eigenvalue weighted by atomic mass is 35.5. The molecule has 0 fully saturated rings. The number of rotatable bonds is 3. The molecule has 1 N–H and O–H groups in total. The number of aromatic amines is 1. The Kier molecular flexibility index (Phi) is 4.27. The molecular weight excluding hydrogens is 348 g/mol. The van der Waals surface area contributed by atoms with Gasteiger partial charge in [-0.25, -0.2) is 0 Å². The van der Waals surface area contributed by atoms with E-state index >= 15 is 0 Å². The van der Waals surface area contributed by atoms with E-state index in [2.05, 4.69) is 30.0 Å². The molecule has 0 saturated carbocycles. The molecule has 3 aromatic rings. The predicted octanol–water partition coefficient (Wildman–Crippen LogP) is 3.92. The van der Waals surface area contributed by atoms with Crippen LogP contribution in [-0.2, 0) is 24.3 Å². The summed E-state index contributed by atoms with van der Waals surface area (Å²) < 4.78 is 1.95. The molecule has 0 unspecified atom stereocenters. The van der Waals surface area contributed by atoms with Crippen LogP contribution in [0.25, 0.3) is 10.9 Å². The van der Waals surface area contributed by atoms with E-state index in [9.17, 15) is 4.79 Å². The van der Waals surface area contributed by atoms with Crippen LogP contribution in [0.4, 0.5) is 0 Å². The minimum atomic E-state index is 0.178. The minimum Gasteiger partial charge on any atom is -0.357 e. The molecule has 1 aliphatic rings. The van der Waals surface area contributed by atoms with Gasteiger partial charge in [0, 0.05) is 54.8 Å². The Morgan fingerprint density at radius 3 is 2.85 bits per heavy atom. The van der Waals surface area contributed by atoms with E-state index in [1.165, 1.54) is 16.8 Å². The normalized spacial score (nSPS) is 14.1. The lowest BCUT2D eigenvalue weighted by molar-refractivity contribution is -0.132. The van der Waals surface area contributed by atoms with Crippen LogP contribution in [0.15, 0.2) is 18.2 Å². The average Bonchev–Trinajstić information content (AvgIpc) is 3.13. The lowest BCUT2D eigenvalue weighted by atomic mass is 10.0. The van der Waals surface area contributed by atoms with E-state index in [1.54, 1.807) is 0 Å². The zero-order valence-corrected chi connectivity index (χ0v) is 16.2. The fraction of sp³-hybridized carbons (Fsp3) is 0.400. The summed E-state index contributed by atoms with van der Waals surface area (Å²) in [6.07, 6.45) is 1.31. The highest BCUT2D eigenvalue weighted by Gasteiger charge is 2.24. The van der Waals surface area contributed by atoms with Crippen LogP contribution in [0.3, 0.4) is 0 Å². The van der Waals surface area contributed by atoms with Crippen molar-refractivity contribution in [2.75, 3.05) is 6.54 Å². The van der Waals surface area contributed by atoms with Gasteiger partial charge in [-0.2, -0.15) is 5.10 Å². The van der Waals surface area contributed by atoms with Crippen LogP contribution >= 0.6 is 11.6 Å². The first kappa shape index (κ1) is 17.2. The van der Waals surface area contributed by atoms with Gasteiger partial charge in [0.15, 0.2) is 0 Å². The second kappa shape index (κ2) is 6.47. The summed E-state index contributed by atoms with van der Waals surface area (Å²) in [6, 6.07) is 5.93. The third kappa shape index (κ3) is 2.80. The van der Waals surface area contributed by atoms with Crippen molar-refractivity contribution in [2.45, 2.75) is 46.7 Å². The van der Waals surface area contributed by atoms with E-state index in [0.29, 0.717) is 19.5 Å². The molecule has 0 spiro atoms. The van der Waals surface area contributed by atoms with E-state index < -0.39 is 0 Å². The number of aromatic nitrogens is 3. The molecule has 1 aromatic carbocycles. The van der Waals surface area contributed by atoms with Gasteiger partial charge in [-0.3, -0.25) is 9.48 Å². The molecule has 0 bridgehead atoms. The maximum absolute atomic E-state index is 12.8. The summed E-state index contributed by atoms with van der Waals surface area (Å²) in [5.41, 5.74) is 6.76. The standard InChI is InChI=1S/C20H23ClN4O/c1-12-13(2)23-25(14(12)3)10-8-19(26)24-9-7-18-16(11-24)15-5-4-6-17(21)20(15)22-18/h4-6,22H,7-11H2,1-3H3. The molecular formula is C20H23ClN4O. The van der Waals surface area contributed by atoms with Crippen LogP contribution in [0, 0.1) is 20.8 Å². The van der Waals surface area contributed by atoms with Crippen molar-refractivity contribution >= 4 is 28.4 Å². The molecule has 0 aliphatic carbocycles. The second-order valence-electron chi connectivity index (χ2n) is 7.08.